The SMILES string of the molecule is OC(Cc1c(F)cccc1Cl)c1cc(Br)cc(Br)c1. The summed E-state index contributed by atoms with van der Waals surface area (Å²) in [6.07, 6.45) is -0.683. The van der Waals surface area contributed by atoms with Crippen LogP contribution in [-0.2, 0) is 6.42 Å². The van der Waals surface area contributed by atoms with Crippen LogP contribution in [0.25, 0.3) is 0 Å². The molecule has 2 rings (SSSR count). The molecule has 0 radical (unpaired) electrons. The maximum atomic E-state index is 13.7. The molecule has 0 aromatic heterocycles. The molecule has 1 nitrogen and oxygen atoms in total. The summed E-state index contributed by atoms with van der Waals surface area (Å²) in [6, 6.07) is 9.96. The second kappa shape index (κ2) is 6.35. The molecular weight excluding hydrogens is 398 g/mol. The van der Waals surface area contributed by atoms with E-state index >= 15 is 0 Å². The van der Waals surface area contributed by atoms with Gasteiger partial charge in [-0.05, 0) is 35.9 Å². The van der Waals surface area contributed by atoms with Crippen LogP contribution >= 0.6 is 43.5 Å². The lowest BCUT2D eigenvalue weighted by molar-refractivity contribution is 0.177. The maximum Gasteiger partial charge on any atom is 0.127 e. The average Bonchev–Trinajstić information content (AvgIpc) is 2.32. The molecule has 1 N–H and O–H groups in total. The Balaban J connectivity index is 2.28. The molecule has 0 saturated carbocycles. The minimum Gasteiger partial charge on any atom is -0.388 e. The van der Waals surface area contributed by atoms with Crippen molar-refractivity contribution in [3.8, 4) is 0 Å². The Morgan fingerprint density at radius 3 is 2.37 bits per heavy atom. The lowest BCUT2D eigenvalue weighted by atomic mass is 10.0. The van der Waals surface area contributed by atoms with Gasteiger partial charge in [0.15, 0.2) is 0 Å². The molecular formula is C14H10Br2ClFO. The van der Waals surface area contributed by atoms with Gasteiger partial charge < -0.3 is 5.11 Å². The van der Waals surface area contributed by atoms with Crippen molar-refractivity contribution in [2.24, 2.45) is 0 Å². The van der Waals surface area contributed by atoms with Gasteiger partial charge in [0.25, 0.3) is 0 Å². The Morgan fingerprint density at radius 1 is 1.16 bits per heavy atom. The monoisotopic (exact) mass is 406 g/mol. The Hall–Kier alpha value is -0.420. The predicted molar refractivity (Wildman–Crippen MR) is 81.9 cm³/mol. The van der Waals surface area contributed by atoms with E-state index in [4.69, 9.17) is 11.6 Å². The summed E-state index contributed by atoms with van der Waals surface area (Å²) in [5.41, 5.74) is 1.02. The quantitative estimate of drug-likeness (QED) is 0.733. The average molecular weight is 408 g/mol. The first-order chi connectivity index (χ1) is 8.97. The van der Waals surface area contributed by atoms with Crippen molar-refractivity contribution in [3.05, 3.63) is 67.3 Å². The third-order valence-corrected chi connectivity index (χ3v) is 4.00. The number of aliphatic hydroxyl groups is 1. The summed E-state index contributed by atoms with van der Waals surface area (Å²) < 4.78 is 15.4. The van der Waals surface area contributed by atoms with Crippen molar-refractivity contribution < 1.29 is 9.50 Å². The summed E-state index contributed by atoms with van der Waals surface area (Å²) in [5, 5.41) is 10.5. The smallest absolute Gasteiger partial charge is 0.127 e. The second-order valence-corrected chi connectivity index (χ2v) is 6.36. The van der Waals surface area contributed by atoms with Crippen LogP contribution in [0.1, 0.15) is 17.2 Å². The topological polar surface area (TPSA) is 20.2 Å². The van der Waals surface area contributed by atoms with E-state index in [-0.39, 0.29) is 6.42 Å². The fourth-order valence-electron chi connectivity index (χ4n) is 1.81. The van der Waals surface area contributed by atoms with Crippen LogP contribution in [0.4, 0.5) is 4.39 Å². The first-order valence-electron chi connectivity index (χ1n) is 5.54. The van der Waals surface area contributed by atoms with E-state index in [0.29, 0.717) is 16.1 Å². The Morgan fingerprint density at radius 2 is 1.79 bits per heavy atom. The van der Waals surface area contributed by atoms with E-state index in [0.717, 1.165) is 8.95 Å². The van der Waals surface area contributed by atoms with Crippen LogP contribution in [0.2, 0.25) is 5.02 Å². The molecule has 2 aromatic rings. The van der Waals surface area contributed by atoms with Gasteiger partial charge in [-0.25, -0.2) is 4.39 Å². The fourth-order valence-corrected chi connectivity index (χ4v) is 3.38. The Bertz CT molecular complexity index is 563. The highest BCUT2D eigenvalue weighted by Crippen LogP contribution is 2.29. The standard InChI is InChI=1S/C14H10Br2ClFO/c15-9-4-8(5-10(16)6-9)14(19)7-11-12(17)2-1-3-13(11)18/h1-6,14,19H,7H2. The molecule has 1 unspecified atom stereocenters. The van der Waals surface area contributed by atoms with Gasteiger partial charge in [0.05, 0.1) is 6.10 Å². The van der Waals surface area contributed by atoms with Crippen LogP contribution in [-0.4, -0.2) is 5.11 Å². The van der Waals surface area contributed by atoms with Crippen LogP contribution in [0.5, 0.6) is 0 Å². The summed E-state index contributed by atoms with van der Waals surface area (Å²) in [4.78, 5) is 0. The van der Waals surface area contributed by atoms with Gasteiger partial charge >= 0.3 is 0 Å². The predicted octanol–water partition coefficient (Wildman–Crippen LogP) is 5.28. The van der Waals surface area contributed by atoms with E-state index in [1.807, 2.05) is 6.07 Å². The molecule has 19 heavy (non-hydrogen) atoms. The van der Waals surface area contributed by atoms with Crippen LogP contribution < -0.4 is 0 Å². The Labute approximate surface area is 132 Å². The lowest BCUT2D eigenvalue weighted by Gasteiger charge is -2.13. The number of benzene rings is 2. The molecule has 0 heterocycles. The fraction of sp³-hybridized carbons (Fsp3) is 0.143. The van der Waals surface area contributed by atoms with E-state index in [9.17, 15) is 9.50 Å². The number of hydrogen-bond donors (Lipinski definition) is 1. The first-order valence-corrected chi connectivity index (χ1v) is 7.50. The van der Waals surface area contributed by atoms with Gasteiger partial charge in [-0.3, -0.25) is 0 Å². The molecule has 0 spiro atoms. The van der Waals surface area contributed by atoms with Gasteiger partial charge in [-0.15, -0.1) is 0 Å². The van der Waals surface area contributed by atoms with Crippen LogP contribution in [0, 0.1) is 5.82 Å². The van der Waals surface area contributed by atoms with E-state index < -0.39 is 11.9 Å². The summed E-state index contributed by atoms with van der Waals surface area (Å²) in [7, 11) is 0. The zero-order chi connectivity index (χ0) is 14.0. The van der Waals surface area contributed by atoms with Crippen molar-refractivity contribution in [2.75, 3.05) is 0 Å². The molecule has 0 fully saturated rings. The minimum atomic E-state index is -0.816. The van der Waals surface area contributed by atoms with Crippen LogP contribution in [0.15, 0.2) is 45.3 Å². The highest BCUT2D eigenvalue weighted by atomic mass is 79.9. The molecule has 0 amide bonds. The molecule has 0 aliphatic rings. The van der Waals surface area contributed by atoms with Gasteiger partial charge in [-0.2, -0.15) is 0 Å². The number of aliphatic hydroxyl groups excluding tert-OH is 1. The summed E-state index contributed by atoms with van der Waals surface area (Å²) >= 11 is 12.7. The molecule has 1 atom stereocenters. The van der Waals surface area contributed by atoms with Gasteiger partial charge in [0, 0.05) is 26.0 Å². The molecule has 0 aliphatic heterocycles. The van der Waals surface area contributed by atoms with Gasteiger partial charge in [0.2, 0.25) is 0 Å². The van der Waals surface area contributed by atoms with Gasteiger partial charge in [0.1, 0.15) is 5.82 Å². The zero-order valence-electron chi connectivity index (χ0n) is 9.71. The maximum absolute atomic E-state index is 13.7. The normalized spacial score (nSPS) is 12.5. The molecule has 2 aromatic carbocycles. The molecule has 0 bridgehead atoms. The zero-order valence-corrected chi connectivity index (χ0v) is 13.6. The Kier molecular flexibility index (Phi) is 5.01. The number of hydrogen-bond acceptors (Lipinski definition) is 1. The molecule has 0 aliphatic carbocycles. The van der Waals surface area contributed by atoms with Crippen LogP contribution in [0.3, 0.4) is 0 Å². The van der Waals surface area contributed by atoms with Crippen molar-refractivity contribution in [2.45, 2.75) is 12.5 Å². The number of rotatable bonds is 3. The van der Waals surface area contributed by atoms with Crippen molar-refractivity contribution in [3.63, 3.8) is 0 Å². The summed E-state index contributed by atoms with van der Waals surface area (Å²) in [6.45, 7) is 0. The minimum absolute atomic E-state index is 0.133. The highest BCUT2D eigenvalue weighted by molar-refractivity contribution is 9.11. The molecule has 100 valence electrons. The van der Waals surface area contributed by atoms with Crippen molar-refractivity contribution >= 4 is 43.5 Å². The largest absolute Gasteiger partial charge is 0.388 e. The first kappa shape index (κ1) is 15.0. The lowest BCUT2D eigenvalue weighted by Crippen LogP contribution is -2.04. The van der Waals surface area contributed by atoms with E-state index in [1.54, 1.807) is 24.3 Å². The number of halogens is 4. The highest BCUT2D eigenvalue weighted by Gasteiger charge is 2.15. The summed E-state index contributed by atoms with van der Waals surface area (Å²) in [5.74, 6) is -0.402. The molecule has 5 heteroatoms. The van der Waals surface area contributed by atoms with Gasteiger partial charge in [-0.1, -0.05) is 49.5 Å². The van der Waals surface area contributed by atoms with E-state index in [2.05, 4.69) is 31.9 Å². The second-order valence-electron chi connectivity index (χ2n) is 4.12. The third-order valence-electron chi connectivity index (χ3n) is 2.73. The molecule has 0 saturated heterocycles. The third kappa shape index (κ3) is 3.78. The van der Waals surface area contributed by atoms with Crippen molar-refractivity contribution in [1.29, 1.82) is 0 Å². The van der Waals surface area contributed by atoms with E-state index in [1.165, 1.54) is 6.07 Å². The van der Waals surface area contributed by atoms with Crippen molar-refractivity contribution in [1.82, 2.24) is 0 Å².